The molecule has 6 aliphatic rings. The Balaban J connectivity index is 0.000000169. The highest BCUT2D eigenvalue weighted by Crippen LogP contribution is 2.54. The van der Waals surface area contributed by atoms with Crippen LogP contribution in [0.3, 0.4) is 0 Å². The number of carboxylic acid groups (broad SMARTS) is 1. The van der Waals surface area contributed by atoms with E-state index in [0.29, 0.717) is 65.7 Å². The van der Waals surface area contributed by atoms with Crippen LogP contribution in [0.25, 0.3) is 11.1 Å². The van der Waals surface area contributed by atoms with Gasteiger partial charge in [0.15, 0.2) is 0 Å². The number of ether oxygens (including phenoxy) is 3. The first kappa shape index (κ1) is 72.5. The van der Waals surface area contributed by atoms with Gasteiger partial charge in [-0.3, -0.25) is 48.7 Å². The number of benzene rings is 8. The van der Waals surface area contributed by atoms with Gasteiger partial charge >= 0.3 is 5.97 Å². The third-order valence-electron chi connectivity index (χ3n) is 16.4. The number of amides is 7. The Labute approximate surface area is 569 Å². The summed E-state index contributed by atoms with van der Waals surface area (Å²) in [7, 11) is 4.81. The lowest BCUT2D eigenvalue weighted by atomic mass is 9.55. The molecule has 96 heavy (non-hydrogen) atoms. The first-order valence-electron chi connectivity index (χ1n) is 30.4. The van der Waals surface area contributed by atoms with Crippen LogP contribution in [0.4, 0.5) is 0 Å². The van der Waals surface area contributed by atoms with Gasteiger partial charge in [0.2, 0.25) is 29.5 Å². The molecule has 7 amide bonds. The zero-order valence-corrected chi connectivity index (χ0v) is 55.0. The fraction of sp³-hybridized carbons (Fsp3) is 0.179. The van der Waals surface area contributed by atoms with Crippen molar-refractivity contribution in [3.05, 3.63) is 306 Å². The summed E-state index contributed by atoms with van der Waals surface area (Å²) >= 11 is 11.2. The van der Waals surface area contributed by atoms with Gasteiger partial charge in [-0.1, -0.05) is 219 Å². The number of hydrogen-bond donors (Lipinski definition) is 3. The van der Waals surface area contributed by atoms with E-state index in [4.69, 9.17) is 42.5 Å². The van der Waals surface area contributed by atoms with Crippen LogP contribution in [0.1, 0.15) is 64.6 Å². The topological polar surface area (TPSA) is 215 Å². The number of methoxy groups -OCH3 is 3. The molecule has 8 aromatic rings. The number of nitrogens with one attached hydrogen (secondary N) is 2. The van der Waals surface area contributed by atoms with Gasteiger partial charge in [-0.25, -0.2) is 4.79 Å². The molecule has 8 aromatic carbocycles. The monoisotopic (exact) mass is 1330 g/mol. The predicted octanol–water partition coefficient (Wildman–Crippen LogP) is 13.6. The van der Waals surface area contributed by atoms with Crippen molar-refractivity contribution < 1.29 is 57.7 Å². The summed E-state index contributed by atoms with van der Waals surface area (Å²) in [6.45, 7) is 15.1. The molecule has 16 nitrogen and oxygen atoms in total. The minimum Gasteiger partial charge on any atom is -0.497 e. The second-order valence-corrected chi connectivity index (χ2v) is 23.3. The molecule has 4 saturated heterocycles. The van der Waals surface area contributed by atoms with Crippen LogP contribution in [0, 0.1) is 11.8 Å². The molecular weight excluding hydrogens is 1260 g/mol. The van der Waals surface area contributed by atoms with Crippen LogP contribution in [0.5, 0.6) is 17.2 Å². The summed E-state index contributed by atoms with van der Waals surface area (Å²) in [5.74, 6) is -0.0663. The molecule has 4 bridgehead atoms. The standard InChI is InChI=1S/2C20H19NO3.C12H11NO2.C11H13NO2.C9H8O2.C6H4Cl2/c1-24-17-9-7-14(8-10-17)13-21-18(22)15-11-20(12-15,19(21)23)16-5-3-2-4-6-16;1-4-19(22)21(14-16-10-12-18(24-3)13-11-16)20(23)15(2)17-8-6-5-7-9-17;14-10-8-6-12(7-8,11(15)13-10)9-4-2-1-3-5-9;1-3-11(13)12-8-9-4-6-10(14-2)7-5-9;1-7(9(10)11)8-5-3-2-4-6-8;7-5-3-1-2-4-6(5)8/h2-10,15H,11-13H2,1H3;4-13H,1-2,14H2,3H3;1-5,8H,6-7H2,(H,13,14,15);3-7H,1,8H2,2H3,(H,12,13);2-6H,1H2,(H,10,11);1-4H. The van der Waals surface area contributed by atoms with Crippen molar-refractivity contribution in [1.29, 1.82) is 0 Å². The van der Waals surface area contributed by atoms with Crippen LogP contribution in [0.2, 0.25) is 10.0 Å². The van der Waals surface area contributed by atoms with Gasteiger partial charge < -0.3 is 24.6 Å². The van der Waals surface area contributed by atoms with E-state index in [-0.39, 0.29) is 59.1 Å². The van der Waals surface area contributed by atoms with Gasteiger partial charge in [-0.05, 0) is 125 Å². The van der Waals surface area contributed by atoms with Crippen molar-refractivity contribution in [2.75, 3.05) is 21.3 Å². The zero-order chi connectivity index (χ0) is 69.4. The molecule has 14 rings (SSSR count). The lowest BCUT2D eigenvalue weighted by molar-refractivity contribution is -0.169. The number of fused-ring (bicyclic) bond motifs is 4. The lowest BCUT2D eigenvalue weighted by Gasteiger charge is -2.53. The van der Waals surface area contributed by atoms with Crippen molar-refractivity contribution in [3.63, 3.8) is 0 Å². The fourth-order valence-electron chi connectivity index (χ4n) is 10.9. The largest absolute Gasteiger partial charge is 0.497 e. The average molecular weight is 1330 g/mol. The van der Waals surface area contributed by atoms with Gasteiger partial charge in [0.05, 0.1) is 60.9 Å². The van der Waals surface area contributed by atoms with Crippen molar-refractivity contribution in [2.24, 2.45) is 11.8 Å². The Morgan fingerprint density at radius 1 is 0.552 bits per heavy atom. The number of imide groups is 3. The molecule has 4 heterocycles. The number of hydrogen-bond acceptors (Lipinski definition) is 11. The Bertz CT molecular complexity index is 4020. The number of nitrogens with zero attached hydrogens (tertiary/aromatic N) is 2. The van der Waals surface area contributed by atoms with Gasteiger partial charge in [0, 0.05) is 24.0 Å². The van der Waals surface area contributed by atoms with Crippen LogP contribution in [0.15, 0.2) is 257 Å². The highest BCUT2D eigenvalue weighted by Gasteiger charge is 2.61. The van der Waals surface area contributed by atoms with E-state index >= 15 is 0 Å². The SMILES string of the molecule is C=C(C(=O)O)c1ccccc1.C=CC(=O)N(Cc1ccc(OC)cc1)C(=O)C(=C)c1ccccc1.C=CC(=O)NCc1ccc(OC)cc1.COc1ccc(CN2C(=O)C3CC(c4ccccc4)(C3)C2=O)cc1.Clc1ccccc1Cl.O=C1NC(=O)C2(c3ccccc3)CC1C2. The molecule has 0 radical (unpaired) electrons. The third-order valence-corrected chi connectivity index (χ3v) is 17.2. The van der Waals surface area contributed by atoms with Crippen LogP contribution in [-0.4, -0.2) is 83.6 Å². The molecule has 0 spiro atoms. The molecule has 4 aliphatic heterocycles. The maximum atomic E-state index is 13.1. The van der Waals surface area contributed by atoms with Crippen molar-refractivity contribution in [3.8, 4) is 17.2 Å². The lowest BCUT2D eigenvalue weighted by Crippen LogP contribution is -2.65. The summed E-state index contributed by atoms with van der Waals surface area (Å²) in [6, 6.07) is 66.8. The van der Waals surface area contributed by atoms with E-state index in [2.05, 4.69) is 36.9 Å². The second-order valence-electron chi connectivity index (χ2n) is 22.5. The number of piperidine rings is 4. The quantitative estimate of drug-likeness (QED) is 0.0573. The van der Waals surface area contributed by atoms with Gasteiger partial charge in [-0.15, -0.1) is 0 Å². The molecule has 492 valence electrons. The van der Waals surface area contributed by atoms with Crippen molar-refractivity contribution in [1.82, 2.24) is 20.4 Å². The first-order chi connectivity index (χ1) is 46.2. The number of aliphatic carboxylic acids is 1. The zero-order valence-electron chi connectivity index (χ0n) is 53.5. The maximum Gasteiger partial charge on any atom is 0.335 e. The molecule has 0 unspecified atom stereocenters. The molecule has 3 N–H and O–H groups in total. The predicted molar refractivity (Wildman–Crippen MR) is 372 cm³/mol. The number of carbonyl (C=O) groups is 8. The normalized spacial score (nSPS) is 17.2. The Kier molecular flexibility index (Phi) is 26.3. The number of carbonyl (C=O) groups excluding carboxylic acids is 7. The maximum absolute atomic E-state index is 13.1. The molecule has 18 heteroatoms. The minimum atomic E-state index is -0.976. The van der Waals surface area contributed by atoms with E-state index in [9.17, 15) is 38.4 Å². The van der Waals surface area contributed by atoms with E-state index in [1.54, 1.807) is 94.1 Å². The molecule has 0 aromatic heterocycles. The van der Waals surface area contributed by atoms with Crippen molar-refractivity contribution >= 4 is 81.7 Å². The van der Waals surface area contributed by atoms with Crippen molar-refractivity contribution in [2.45, 2.75) is 56.1 Å². The highest BCUT2D eigenvalue weighted by molar-refractivity contribution is 6.41. The fourth-order valence-corrected chi connectivity index (χ4v) is 11.2. The number of carboxylic acids is 1. The number of rotatable bonds is 17. The summed E-state index contributed by atoms with van der Waals surface area (Å²) in [5, 5.41) is 14.9. The summed E-state index contributed by atoms with van der Waals surface area (Å²) < 4.78 is 15.3. The van der Waals surface area contributed by atoms with E-state index in [1.807, 2.05) is 146 Å². The third kappa shape index (κ3) is 18.7. The summed E-state index contributed by atoms with van der Waals surface area (Å²) in [5.41, 5.74) is 5.63. The Hall–Kier alpha value is -10.9. The Morgan fingerprint density at radius 3 is 1.38 bits per heavy atom. The van der Waals surface area contributed by atoms with Crippen LogP contribution in [-0.2, 0) is 68.8 Å². The highest BCUT2D eigenvalue weighted by atomic mass is 35.5. The van der Waals surface area contributed by atoms with Gasteiger partial charge in [0.1, 0.15) is 17.2 Å². The minimum absolute atomic E-state index is 0.0267. The molecular formula is C78H74Cl2N4O12. The molecule has 0 atom stereocenters. The molecule has 6 fully saturated rings. The van der Waals surface area contributed by atoms with Crippen LogP contribution < -0.4 is 24.8 Å². The molecule has 2 aliphatic carbocycles. The second kappa shape index (κ2) is 34.8. The van der Waals surface area contributed by atoms with Gasteiger partial charge in [0.25, 0.3) is 11.8 Å². The number of halogens is 2. The average Bonchev–Trinajstić information content (AvgIpc) is 0.721. The van der Waals surface area contributed by atoms with E-state index in [1.165, 1.54) is 11.0 Å². The van der Waals surface area contributed by atoms with Gasteiger partial charge in [-0.2, -0.15) is 0 Å². The molecule has 2 saturated carbocycles. The van der Waals surface area contributed by atoms with E-state index in [0.717, 1.165) is 50.3 Å². The van der Waals surface area contributed by atoms with Crippen LogP contribution >= 0.6 is 23.2 Å². The van der Waals surface area contributed by atoms with E-state index < -0.39 is 28.6 Å². The first-order valence-corrected chi connectivity index (χ1v) is 31.2. The summed E-state index contributed by atoms with van der Waals surface area (Å²) in [4.78, 5) is 97.4. The Morgan fingerprint density at radius 2 is 0.958 bits per heavy atom. The smallest absolute Gasteiger partial charge is 0.335 e. The summed E-state index contributed by atoms with van der Waals surface area (Å²) in [6.07, 6.45) is 5.04.